The molecule has 0 saturated carbocycles. The number of hydrogen-bond acceptors (Lipinski definition) is 4. The molecule has 1 rings (SSSR count). The molecule has 1 aromatic rings. The molecule has 0 aliphatic rings. The van der Waals surface area contributed by atoms with Gasteiger partial charge in [-0.1, -0.05) is 6.92 Å². The van der Waals surface area contributed by atoms with Gasteiger partial charge in [-0.05, 0) is 26.3 Å². The molecule has 0 amide bonds. The number of aliphatic hydroxyl groups is 1. The average molecular weight is 269 g/mol. The van der Waals surface area contributed by atoms with Crippen molar-refractivity contribution in [2.24, 2.45) is 0 Å². The van der Waals surface area contributed by atoms with E-state index < -0.39 is 5.60 Å². The molecule has 2 unspecified atom stereocenters. The first-order valence-electron chi connectivity index (χ1n) is 6.94. The van der Waals surface area contributed by atoms with Crippen LogP contribution in [0.1, 0.15) is 38.9 Å². The fraction of sp³-hybridized carbons (Fsp3) is 0.786. The summed E-state index contributed by atoms with van der Waals surface area (Å²) in [6.45, 7) is 8.04. The molecule has 0 bridgehead atoms. The van der Waals surface area contributed by atoms with Crippen molar-refractivity contribution >= 4 is 0 Å². The summed E-state index contributed by atoms with van der Waals surface area (Å²) in [4.78, 5) is 0. The summed E-state index contributed by atoms with van der Waals surface area (Å²) in [7, 11) is 1.67. The second kappa shape index (κ2) is 7.62. The van der Waals surface area contributed by atoms with E-state index in [9.17, 15) is 5.11 Å². The lowest BCUT2D eigenvalue weighted by Gasteiger charge is -2.22. The molecule has 19 heavy (non-hydrogen) atoms. The van der Waals surface area contributed by atoms with Gasteiger partial charge in [0, 0.05) is 38.9 Å². The van der Waals surface area contributed by atoms with Crippen LogP contribution in [-0.2, 0) is 11.2 Å². The van der Waals surface area contributed by atoms with Crippen LogP contribution in [0.15, 0.2) is 12.3 Å². The Morgan fingerprint density at radius 2 is 2.32 bits per heavy atom. The van der Waals surface area contributed by atoms with Gasteiger partial charge in [-0.2, -0.15) is 5.10 Å². The van der Waals surface area contributed by atoms with E-state index >= 15 is 0 Å². The minimum absolute atomic E-state index is 0.401. The minimum atomic E-state index is -0.789. The van der Waals surface area contributed by atoms with E-state index in [1.807, 2.05) is 23.9 Å². The molecule has 0 fully saturated rings. The van der Waals surface area contributed by atoms with Gasteiger partial charge in [-0.15, -0.1) is 0 Å². The number of rotatable bonds is 9. The Kier molecular flexibility index (Phi) is 6.48. The van der Waals surface area contributed by atoms with E-state index in [1.54, 1.807) is 7.11 Å². The summed E-state index contributed by atoms with van der Waals surface area (Å²) in [5.41, 5.74) is 0.140. The maximum Gasteiger partial charge on any atom is 0.0799 e. The van der Waals surface area contributed by atoms with Crippen LogP contribution >= 0.6 is 0 Å². The van der Waals surface area contributed by atoms with E-state index in [0.29, 0.717) is 25.6 Å². The van der Waals surface area contributed by atoms with Gasteiger partial charge in [0.2, 0.25) is 0 Å². The molecule has 0 aliphatic heterocycles. The van der Waals surface area contributed by atoms with Crippen LogP contribution in [0, 0.1) is 0 Å². The highest BCUT2D eigenvalue weighted by molar-refractivity contribution is 5.04. The molecule has 0 aromatic carbocycles. The van der Waals surface area contributed by atoms with E-state index in [0.717, 1.165) is 18.7 Å². The molecule has 2 N–H and O–H groups in total. The van der Waals surface area contributed by atoms with Crippen LogP contribution in [0.4, 0.5) is 0 Å². The quantitative estimate of drug-likeness (QED) is 0.665. The first kappa shape index (κ1) is 16.1. The average Bonchev–Trinajstić information content (AvgIpc) is 2.81. The molecular formula is C14H27N3O2. The van der Waals surface area contributed by atoms with E-state index in [4.69, 9.17) is 4.74 Å². The van der Waals surface area contributed by atoms with Gasteiger partial charge in [0.25, 0.3) is 0 Å². The van der Waals surface area contributed by atoms with Crippen LogP contribution in [-0.4, -0.2) is 47.3 Å². The summed E-state index contributed by atoms with van der Waals surface area (Å²) in [5, 5.41) is 18.0. The van der Waals surface area contributed by atoms with Crippen molar-refractivity contribution in [1.82, 2.24) is 15.1 Å². The van der Waals surface area contributed by atoms with Crippen LogP contribution in [0.3, 0.4) is 0 Å². The molecule has 2 atom stereocenters. The largest absolute Gasteiger partial charge is 0.388 e. The molecule has 5 heteroatoms. The van der Waals surface area contributed by atoms with E-state index in [1.165, 1.54) is 0 Å². The predicted molar refractivity (Wildman–Crippen MR) is 76.3 cm³/mol. The Morgan fingerprint density at radius 3 is 2.95 bits per heavy atom. The van der Waals surface area contributed by atoms with Crippen molar-refractivity contribution in [2.75, 3.05) is 26.8 Å². The van der Waals surface area contributed by atoms with Gasteiger partial charge in [0.05, 0.1) is 17.9 Å². The Labute approximate surface area is 116 Å². The van der Waals surface area contributed by atoms with Crippen molar-refractivity contribution in [3.05, 3.63) is 18.0 Å². The Hall–Kier alpha value is -0.910. The zero-order valence-electron chi connectivity index (χ0n) is 12.5. The van der Waals surface area contributed by atoms with Gasteiger partial charge in [0.1, 0.15) is 0 Å². The molecule has 0 aliphatic carbocycles. The highest BCUT2D eigenvalue weighted by atomic mass is 16.5. The lowest BCUT2D eigenvalue weighted by Crippen LogP contribution is -2.40. The van der Waals surface area contributed by atoms with Crippen LogP contribution in [0.25, 0.3) is 0 Å². The monoisotopic (exact) mass is 269 g/mol. The van der Waals surface area contributed by atoms with Gasteiger partial charge in [-0.25, -0.2) is 0 Å². The van der Waals surface area contributed by atoms with Crippen molar-refractivity contribution in [3.63, 3.8) is 0 Å². The van der Waals surface area contributed by atoms with Crippen LogP contribution < -0.4 is 5.32 Å². The third-order valence-corrected chi connectivity index (χ3v) is 3.26. The summed E-state index contributed by atoms with van der Waals surface area (Å²) in [5.74, 6) is 0. The van der Waals surface area contributed by atoms with Gasteiger partial charge in [0.15, 0.2) is 0 Å². The highest BCUT2D eigenvalue weighted by Gasteiger charge is 2.22. The first-order valence-corrected chi connectivity index (χ1v) is 6.94. The Morgan fingerprint density at radius 1 is 1.58 bits per heavy atom. The topological polar surface area (TPSA) is 59.3 Å². The second-order valence-electron chi connectivity index (χ2n) is 5.39. The van der Waals surface area contributed by atoms with Crippen molar-refractivity contribution < 1.29 is 9.84 Å². The van der Waals surface area contributed by atoms with Crippen LogP contribution in [0.5, 0.6) is 0 Å². The molecule has 0 radical (unpaired) electrons. The lowest BCUT2D eigenvalue weighted by molar-refractivity contribution is 0.0570. The third-order valence-electron chi connectivity index (χ3n) is 3.26. The van der Waals surface area contributed by atoms with Crippen molar-refractivity contribution in [2.45, 2.75) is 45.3 Å². The third kappa shape index (κ3) is 5.72. The van der Waals surface area contributed by atoms with Crippen molar-refractivity contribution in [1.29, 1.82) is 0 Å². The maximum atomic E-state index is 10.3. The van der Waals surface area contributed by atoms with Gasteiger partial charge >= 0.3 is 0 Å². The molecule has 110 valence electrons. The number of ether oxygens (including phenoxy) is 1. The SMILES string of the molecule is CCC(C)n1ccc(CC(C)(O)CNCCOC)n1. The summed E-state index contributed by atoms with van der Waals surface area (Å²) < 4.78 is 6.92. The number of hydrogen-bond donors (Lipinski definition) is 2. The lowest BCUT2D eigenvalue weighted by atomic mass is 10.0. The Bertz CT molecular complexity index is 363. The Balaban J connectivity index is 2.45. The maximum absolute atomic E-state index is 10.3. The molecule has 5 nitrogen and oxygen atoms in total. The smallest absolute Gasteiger partial charge is 0.0799 e. The summed E-state index contributed by atoms with van der Waals surface area (Å²) >= 11 is 0. The van der Waals surface area contributed by atoms with Crippen LogP contribution in [0.2, 0.25) is 0 Å². The summed E-state index contributed by atoms with van der Waals surface area (Å²) in [6.07, 6.45) is 3.59. The fourth-order valence-electron chi connectivity index (χ4n) is 1.89. The van der Waals surface area contributed by atoms with Gasteiger partial charge < -0.3 is 15.2 Å². The van der Waals surface area contributed by atoms with E-state index in [-0.39, 0.29) is 0 Å². The number of nitrogens with zero attached hydrogens (tertiary/aromatic N) is 2. The number of aromatic nitrogens is 2. The zero-order chi connectivity index (χ0) is 14.3. The fourth-order valence-corrected chi connectivity index (χ4v) is 1.89. The second-order valence-corrected chi connectivity index (χ2v) is 5.39. The highest BCUT2D eigenvalue weighted by Crippen LogP contribution is 2.14. The first-order chi connectivity index (χ1) is 8.98. The molecule has 0 saturated heterocycles. The molecule has 0 spiro atoms. The summed E-state index contributed by atoms with van der Waals surface area (Å²) in [6, 6.07) is 2.38. The van der Waals surface area contributed by atoms with Crippen molar-refractivity contribution in [3.8, 4) is 0 Å². The molecule has 1 heterocycles. The normalized spacial score (nSPS) is 16.3. The van der Waals surface area contributed by atoms with E-state index in [2.05, 4.69) is 24.3 Å². The number of methoxy groups -OCH3 is 1. The molecular weight excluding hydrogens is 242 g/mol. The number of nitrogens with one attached hydrogen (secondary N) is 1. The standard InChI is InChI=1S/C14H27N3O2/c1-5-12(2)17-8-6-13(16-17)10-14(3,18)11-15-7-9-19-4/h6,8,12,15,18H,5,7,9-11H2,1-4H3. The predicted octanol–water partition coefficient (Wildman–Crippen LogP) is 1.38. The zero-order valence-corrected chi connectivity index (χ0v) is 12.5. The van der Waals surface area contributed by atoms with Gasteiger partial charge in [-0.3, -0.25) is 4.68 Å². The molecule has 1 aromatic heterocycles. The minimum Gasteiger partial charge on any atom is -0.388 e.